The molecule has 0 radical (unpaired) electrons. The zero-order valence-electron chi connectivity index (χ0n) is 12.0. The third-order valence-corrected chi connectivity index (χ3v) is 2.63. The smallest absolute Gasteiger partial charge is 0.240 e. The Kier molecular flexibility index (Phi) is 6.86. The molecular formula is C12H26N4O2. The highest BCUT2D eigenvalue weighted by atomic mass is 16.2. The van der Waals surface area contributed by atoms with Crippen LogP contribution in [0.1, 0.15) is 34.6 Å². The summed E-state index contributed by atoms with van der Waals surface area (Å²) in [5, 5.41) is 2.83. The second-order valence-electron chi connectivity index (χ2n) is 5.38. The fourth-order valence-corrected chi connectivity index (χ4v) is 1.68. The van der Waals surface area contributed by atoms with E-state index in [1.807, 2.05) is 25.7 Å². The van der Waals surface area contributed by atoms with Gasteiger partial charge in [-0.25, -0.2) is 5.84 Å². The number of amides is 2. The Labute approximate surface area is 109 Å². The van der Waals surface area contributed by atoms with Gasteiger partial charge in [0.15, 0.2) is 0 Å². The molecule has 0 aromatic carbocycles. The first kappa shape index (κ1) is 16.9. The van der Waals surface area contributed by atoms with E-state index in [0.717, 1.165) is 0 Å². The largest absolute Gasteiger partial charge is 0.353 e. The van der Waals surface area contributed by atoms with Crippen molar-refractivity contribution < 1.29 is 9.59 Å². The van der Waals surface area contributed by atoms with Crippen molar-refractivity contribution in [3.05, 3.63) is 0 Å². The maximum absolute atomic E-state index is 11.7. The number of hydrogen-bond acceptors (Lipinski definition) is 4. The van der Waals surface area contributed by atoms with E-state index >= 15 is 0 Å². The van der Waals surface area contributed by atoms with E-state index in [1.165, 1.54) is 0 Å². The summed E-state index contributed by atoms with van der Waals surface area (Å²) >= 11 is 0. The number of nitrogens with zero attached hydrogens (tertiary/aromatic N) is 1. The Hall–Kier alpha value is -1.14. The summed E-state index contributed by atoms with van der Waals surface area (Å²) in [6, 6.07) is 0.122. The molecule has 0 spiro atoms. The van der Waals surface area contributed by atoms with Gasteiger partial charge < -0.3 is 5.32 Å². The van der Waals surface area contributed by atoms with Gasteiger partial charge in [0, 0.05) is 12.6 Å². The van der Waals surface area contributed by atoms with Crippen LogP contribution in [-0.4, -0.2) is 42.4 Å². The van der Waals surface area contributed by atoms with Crippen molar-refractivity contribution in [1.82, 2.24) is 15.6 Å². The number of hydrazine groups is 1. The molecule has 0 unspecified atom stereocenters. The van der Waals surface area contributed by atoms with E-state index in [9.17, 15) is 9.59 Å². The van der Waals surface area contributed by atoms with E-state index in [1.54, 1.807) is 13.8 Å². The first-order valence-corrected chi connectivity index (χ1v) is 6.25. The predicted octanol–water partition coefficient (Wildman–Crippen LogP) is -0.151. The molecule has 18 heavy (non-hydrogen) atoms. The number of carbonyl (C=O) groups is 2. The summed E-state index contributed by atoms with van der Waals surface area (Å²) < 4.78 is 0. The van der Waals surface area contributed by atoms with Crippen LogP contribution in [0.25, 0.3) is 0 Å². The van der Waals surface area contributed by atoms with E-state index in [-0.39, 0.29) is 24.4 Å². The minimum atomic E-state index is -0.622. The normalized spacial score (nSPS) is 11.8. The third-order valence-electron chi connectivity index (χ3n) is 2.63. The number of carbonyl (C=O) groups excluding carboxylic acids is 2. The van der Waals surface area contributed by atoms with E-state index in [4.69, 9.17) is 5.84 Å². The molecule has 0 fully saturated rings. The molecule has 0 aliphatic carbocycles. The van der Waals surface area contributed by atoms with Gasteiger partial charge in [0.2, 0.25) is 11.8 Å². The van der Waals surface area contributed by atoms with Crippen LogP contribution in [0, 0.1) is 5.41 Å². The van der Waals surface area contributed by atoms with Gasteiger partial charge in [-0.15, -0.1) is 0 Å². The minimum Gasteiger partial charge on any atom is -0.353 e. The van der Waals surface area contributed by atoms with Gasteiger partial charge in [0.05, 0.1) is 12.0 Å². The summed E-state index contributed by atoms with van der Waals surface area (Å²) in [5.41, 5.74) is 1.53. The lowest BCUT2D eigenvalue weighted by Gasteiger charge is -2.30. The van der Waals surface area contributed by atoms with Gasteiger partial charge in [-0.1, -0.05) is 6.92 Å². The standard InChI is InChI=1S/C12H26N4O2/c1-6-16(7-10(17)14-9(2)3)8-12(4,5)11(18)15-13/h9H,6-8,13H2,1-5H3,(H,14,17)(H,15,18). The number of nitrogens with two attached hydrogens (primary N) is 1. The molecule has 0 saturated heterocycles. The molecule has 0 heterocycles. The topological polar surface area (TPSA) is 87.5 Å². The Morgan fingerprint density at radius 3 is 2.28 bits per heavy atom. The Balaban J connectivity index is 4.43. The van der Waals surface area contributed by atoms with Gasteiger partial charge >= 0.3 is 0 Å². The van der Waals surface area contributed by atoms with Gasteiger partial charge in [-0.2, -0.15) is 0 Å². The summed E-state index contributed by atoms with van der Waals surface area (Å²) in [6.07, 6.45) is 0. The second-order valence-corrected chi connectivity index (χ2v) is 5.38. The zero-order chi connectivity index (χ0) is 14.3. The molecular weight excluding hydrogens is 232 g/mol. The van der Waals surface area contributed by atoms with Crippen molar-refractivity contribution in [3.8, 4) is 0 Å². The maximum Gasteiger partial charge on any atom is 0.240 e. The summed E-state index contributed by atoms with van der Waals surface area (Å²) in [4.78, 5) is 25.2. The Morgan fingerprint density at radius 1 is 1.33 bits per heavy atom. The second kappa shape index (κ2) is 7.33. The fraction of sp³-hybridized carbons (Fsp3) is 0.833. The van der Waals surface area contributed by atoms with Crippen LogP contribution in [0.4, 0.5) is 0 Å². The molecule has 4 N–H and O–H groups in total. The average molecular weight is 258 g/mol. The molecule has 0 aliphatic rings. The highest BCUT2D eigenvalue weighted by Gasteiger charge is 2.29. The van der Waals surface area contributed by atoms with Gasteiger partial charge in [0.1, 0.15) is 0 Å². The minimum absolute atomic E-state index is 0.0317. The van der Waals surface area contributed by atoms with Crippen molar-refractivity contribution >= 4 is 11.8 Å². The van der Waals surface area contributed by atoms with Crippen LogP contribution in [0.2, 0.25) is 0 Å². The van der Waals surface area contributed by atoms with Crippen LogP contribution in [0.3, 0.4) is 0 Å². The summed E-state index contributed by atoms with van der Waals surface area (Å²) in [6.45, 7) is 10.9. The zero-order valence-corrected chi connectivity index (χ0v) is 12.0. The lowest BCUT2D eigenvalue weighted by molar-refractivity contribution is -0.131. The first-order valence-electron chi connectivity index (χ1n) is 6.25. The van der Waals surface area contributed by atoms with Crippen molar-refractivity contribution in [2.24, 2.45) is 11.3 Å². The van der Waals surface area contributed by atoms with Crippen molar-refractivity contribution in [2.45, 2.75) is 40.7 Å². The molecule has 6 heteroatoms. The van der Waals surface area contributed by atoms with Crippen LogP contribution in [-0.2, 0) is 9.59 Å². The third kappa shape index (κ3) is 5.97. The van der Waals surface area contributed by atoms with Crippen LogP contribution in [0.15, 0.2) is 0 Å². The van der Waals surface area contributed by atoms with Gasteiger partial charge in [0.25, 0.3) is 0 Å². The summed E-state index contributed by atoms with van der Waals surface area (Å²) in [7, 11) is 0. The molecule has 0 atom stereocenters. The van der Waals surface area contributed by atoms with Crippen molar-refractivity contribution in [3.63, 3.8) is 0 Å². The highest BCUT2D eigenvalue weighted by Crippen LogP contribution is 2.16. The van der Waals surface area contributed by atoms with Crippen LogP contribution in [0.5, 0.6) is 0 Å². The lowest BCUT2D eigenvalue weighted by Crippen LogP contribution is -2.49. The molecule has 0 aliphatic heterocycles. The number of rotatable bonds is 7. The van der Waals surface area contributed by atoms with Crippen molar-refractivity contribution in [1.29, 1.82) is 0 Å². The lowest BCUT2D eigenvalue weighted by atomic mass is 9.92. The van der Waals surface area contributed by atoms with Gasteiger partial charge in [-0.05, 0) is 34.2 Å². The monoisotopic (exact) mass is 258 g/mol. The molecule has 0 rings (SSSR count). The van der Waals surface area contributed by atoms with E-state index < -0.39 is 5.41 Å². The molecule has 0 bridgehead atoms. The number of nitrogens with one attached hydrogen (secondary N) is 2. The SMILES string of the molecule is CCN(CC(=O)NC(C)C)CC(C)(C)C(=O)NN. The fourth-order valence-electron chi connectivity index (χ4n) is 1.68. The molecule has 0 aromatic heterocycles. The predicted molar refractivity (Wildman–Crippen MR) is 71.5 cm³/mol. The van der Waals surface area contributed by atoms with Crippen LogP contribution >= 0.6 is 0 Å². The number of hydrogen-bond donors (Lipinski definition) is 3. The molecule has 2 amide bonds. The van der Waals surface area contributed by atoms with E-state index in [2.05, 4.69) is 10.7 Å². The van der Waals surface area contributed by atoms with Gasteiger partial charge in [-0.3, -0.25) is 19.9 Å². The first-order chi connectivity index (χ1) is 8.22. The summed E-state index contributed by atoms with van der Waals surface area (Å²) in [5.74, 6) is 4.88. The van der Waals surface area contributed by atoms with Crippen molar-refractivity contribution in [2.75, 3.05) is 19.6 Å². The highest BCUT2D eigenvalue weighted by molar-refractivity contribution is 5.82. The average Bonchev–Trinajstić information content (AvgIpc) is 2.25. The molecule has 106 valence electrons. The molecule has 0 aromatic rings. The quantitative estimate of drug-likeness (QED) is 0.337. The van der Waals surface area contributed by atoms with Crippen LogP contribution < -0.4 is 16.6 Å². The molecule has 0 saturated carbocycles. The Bertz CT molecular complexity index is 290. The maximum atomic E-state index is 11.7. The van der Waals surface area contributed by atoms with E-state index in [0.29, 0.717) is 13.1 Å². The Morgan fingerprint density at radius 2 is 1.89 bits per heavy atom. The molecule has 6 nitrogen and oxygen atoms in total. The number of likely N-dealkylation sites (N-methyl/N-ethyl adjacent to an activating group) is 1.